The molecule has 0 aliphatic rings. The van der Waals surface area contributed by atoms with Crippen LogP contribution in [0, 0.1) is 6.92 Å². The van der Waals surface area contributed by atoms with Crippen LogP contribution in [0.2, 0.25) is 0 Å². The lowest BCUT2D eigenvalue weighted by atomic mass is 10.4. The van der Waals surface area contributed by atoms with Gasteiger partial charge in [0.15, 0.2) is 0 Å². The fourth-order valence-electron chi connectivity index (χ4n) is 0.827. The Morgan fingerprint density at radius 3 is 2.77 bits per heavy atom. The lowest BCUT2D eigenvalue weighted by Gasteiger charge is -1.86. The molecule has 0 unspecified atom stereocenters. The zero-order valence-electron chi connectivity index (χ0n) is 6.69. The molecule has 0 atom stereocenters. The minimum Gasteiger partial charge on any atom is -0.418 e. The minimum atomic E-state index is 0.221. The largest absolute Gasteiger partial charge is 0.418 e. The van der Waals surface area contributed by atoms with E-state index in [4.69, 9.17) is 16.0 Å². The molecule has 0 aliphatic heterocycles. The van der Waals surface area contributed by atoms with Gasteiger partial charge in [-0.15, -0.1) is 26.9 Å². The fraction of sp³-hybridized carbons (Fsp3) is 0.333. The number of hydrogen-bond donors (Lipinski definition) is 0. The molecule has 13 heavy (non-hydrogen) atoms. The van der Waals surface area contributed by atoms with Gasteiger partial charge in [0.25, 0.3) is 5.89 Å². The van der Waals surface area contributed by atoms with Crippen molar-refractivity contribution in [3.8, 4) is 10.8 Å². The molecule has 0 bridgehead atoms. The van der Waals surface area contributed by atoms with E-state index in [0.29, 0.717) is 11.8 Å². The number of alkyl halides is 1. The maximum Gasteiger partial charge on any atom is 0.261 e. The molecule has 0 saturated carbocycles. The van der Waals surface area contributed by atoms with Crippen LogP contribution in [0.3, 0.4) is 0 Å². The van der Waals surface area contributed by atoms with Gasteiger partial charge in [0, 0.05) is 0 Å². The Hall–Kier alpha value is -1.01. The zero-order valence-corrected chi connectivity index (χ0v) is 8.26. The van der Waals surface area contributed by atoms with Gasteiger partial charge in [0.05, 0.1) is 5.69 Å². The van der Waals surface area contributed by atoms with Gasteiger partial charge < -0.3 is 4.42 Å². The van der Waals surface area contributed by atoms with E-state index in [1.807, 2.05) is 6.92 Å². The molecule has 0 saturated heterocycles. The predicted molar refractivity (Wildman–Crippen MR) is 47.5 cm³/mol. The van der Waals surface area contributed by atoms with E-state index in [1.54, 1.807) is 0 Å². The molecule has 0 aromatic carbocycles. The SMILES string of the molecule is Cc1nnsc1-c1nnc(CCl)o1. The van der Waals surface area contributed by atoms with Gasteiger partial charge in [-0.25, -0.2) is 0 Å². The predicted octanol–water partition coefficient (Wildman–Crippen LogP) is 1.64. The molecule has 0 fully saturated rings. The zero-order chi connectivity index (χ0) is 9.26. The van der Waals surface area contributed by atoms with Gasteiger partial charge in [0.1, 0.15) is 10.8 Å². The summed E-state index contributed by atoms with van der Waals surface area (Å²) in [5.41, 5.74) is 0.787. The molecular weight excluding hydrogens is 212 g/mol. The Balaban J connectivity index is 2.41. The standard InChI is InChI=1S/C6H5ClN4OS/c1-3-5(13-11-8-3)6-10-9-4(2-7)12-6/h2H2,1H3. The molecule has 0 N–H and O–H groups in total. The summed E-state index contributed by atoms with van der Waals surface area (Å²) in [6.07, 6.45) is 0. The van der Waals surface area contributed by atoms with E-state index < -0.39 is 0 Å². The average Bonchev–Trinajstić information content (AvgIpc) is 2.71. The van der Waals surface area contributed by atoms with Gasteiger partial charge in [-0.05, 0) is 18.5 Å². The van der Waals surface area contributed by atoms with Crippen LogP contribution >= 0.6 is 23.1 Å². The first-order valence-corrected chi connectivity index (χ1v) is 4.79. The second kappa shape index (κ2) is 3.39. The third-order valence-electron chi connectivity index (χ3n) is 1.43. The molecule has 0 aliphatic carbocycles. The Labute approximate surface area is 82.9 Å². The van der Waals surface area contributed by atoms with Crippen molar-refractivity contribution in [2.75, 3.05) is 0 Å². The summed E-state index contributed by atoms with van der Waals surface area (Å²) in [5.74, 6) is 1.06. The smallest absolute Gasteiger partial charge is 0.261 e. The van der Waals surface area contributed by atoms with Crippen molar-refractivity contribution >= 4 is 23.1 Å². The third-order valence-corrected chi connectivity index (χ3v) is 2.47. The third kappa shape index (κ3) is 1.54. The van der Waals surface area contributed by atoms with Crippen LogP contribution in [-0.4, -0.2) is 19.8 Å². The van der Waals surface area contributed by atoms with Crippen LogP contribution in [0.5, 0.6) is 0 Å². The van der Waals surface area contributed by atoms with Crippen molar-refractivity contribution in [3.63, 3.8) is 0 Å². The van der Waals surface area contributed by atoms with Gasteiger partial charge in [0.2, 0.25) is 5.89 Å². The lowest BCUT2D eigenvalue weighted by molar-refractivity contribution is 0.528. The summed E-state index contributed by atoms with van der Waals surface area (Å²) in [6.45, 7) is 1.84. The van der Waals surface area contributed by atoms with E-state index in [9.17, 15) is 0 Å². The number of aromatic nitrogens is 4. The van der Waals surface area contributed by atoms with E-state index in [1.165, 1.54) is 11.5 Å². The Morgan fingerprint density at radius 1 is 1.38 bits per heavy atom. The van der Waals surface area contributed by atoms with Crippen molar-refractivity contribution in [2.45, 2.75) is 12.8 Å². The van der Waals surface area contributed by atoms with Crippen molar-refractivity contribution in [2.24, 2.45) is 0 Å². The number of nitrogens with zero attached hydrogens (tertiary/aromatic N) is 4. The van der Waals surface area contributed by atoms with E-state index in [2.05, 4.69) is 19.8 Å². The monoisotopic (exact) mass is 216 g/mol. The molecule has 2 rings (SSSR count). The molecule has 2 heterocycles. The fourth-order valence-corrected chi connectivity index (χ4v) is 1.51. The highest BCUT2D eigenvalue weighted by atomic mass is 35.5. The van der Waals surface area contributed by atoms with Gasteiger partial charge in [-0.2, -0.15) is 0 Å². The van der Waals surface area contributed by atoms with Crippen LogP contribution in [0.4, 0.5) is 0 Å². The summed E-state index contributed by atoms with van der Waals surface area (Å²) in [7, 11) is 0. The van der Waals surface area contributed by atoms with Crippen LogP contribution in [-0.2, 0) is 5.88 Å². The lowest BCUT2D eigenvalue weighted by Crippen LogP contribution is -1.77. The van der Waals surface area contributed by atoms with Crippen LogP contribution < -0.4 is 0 Å². The van der Waals surface area contributed by atoms with Gasteiger partial charge >= 0.3 is 0 Å². The highest BCUT2D eigenvalue weighted by molar-refractivity contribution is 7.09. The van der Waals surface area contributed by atoms with Crippen LogP contribution in [0.15, 0.2) is 4.42 Å². The highest BCUT2D eigenvalue weighted by Gasteiger charge is 2.13. The second-order valence-corrected chi connectivity index (χ2v) is 3.34. The van der Waals surface area contributed by atoms with Crippen LogP contribution in [0.25, 0.3) is 10.8 Å². The van der Waals surface area contributed by atoms with Crippen molar-refractivity contribution < 1.29 is 4.42 Å². The van der Waals surface area contributed by atoms with E-state index >= 15 is 0 Å². The van der Waals surface area contributed by atoms with Crippen molar-refractivity contribution in [3.05, 3.63) is 11.6 Å². The normalized spacial score (nSPS) is 10.6. The first-order valence-electron chi connectivity index (χ1n) is 3.49. The second-order valence-electron chi connectivity index (χ2n) is 2.32. The Kier molecular flexibility index (Phi) is 2.24. The summed E-state index contributed by atoms with van der Waals surface area (Å²) in [6, 6.07) is 0. The maximum atomic E-state index is 5.52. The summed E-state index contributed by atoms with van der Waals surface area (Å²) >= 11 is 6.74. The van der Waals surface area contributed by atoms with Crippen molar-refractivity contribution in [1.82, 2.24) is 19.8 Å². The molecule has 68 valence electrons. The quantitative estimate of drug-likeness (QED) is 0.714. The highest BCUT2D eigenvalue weighted by Crippen LogP contribution is 2.23. The van der Waals surface area contributed by atoms with Gasteiger partial charge in [-0.1, -0.05) is 4.49 Å². The number of halogens is 1. The Morgan fingerprint density at radius 2 is 2.23 bits per heavy atom. The van der Waals surface area contributed by atoms with Gasteiger partial charge in [-0.3, -0.25) is 0 Å². The molecule has 7 heteroatoms. The van der Waals surface area contributed by atoms with Crippen molar-refractivity contribution in [1.29, 1.82) is 0 Å². The molecular formula is C6H5ClN4OS. The summed E-state index contributed by atoms with van der Waals surface area (Å²) in [5, 5.41) is 11.4. The van der Waals surface area contributed by atoms with E-state index in [0.717, 1.165) is 10.6 Å². The molecule has 2 aromatic rings. The molecule has 0 spiro atoms. The Bertz CT molecular complexity index is 412. The average molecular weight is 217 g/mol. The van der Waals surface area contributed by atoms with Crippen LogP contribution in [0.1, 0.15) is 11.6 Å². The summed E-state index contributed by atoms with van der Waals surface area (Å²) < 4.78 is 9.00. The number of aryl methyl sites for hydroxylation is 1. The molecule has 0 amide bonds. The first kappa shape index (κ1) is 8.58. The maximum absolute atomic E-state index is 5.52. The van der Waals surface area contributed by atoms with E-state index in [-0.39, 0.29) is 5.88 Å². The minimum absolute atomic E-state index is 0.221. The summed E-state index contributed by atoms with van der Waals surface area (Å²) in [4.78, 5) is 0.795. The number of rotatable bonds is 2. The molecule has 0 radical (unpaired) electrons. The molecule has 5 nitrogen and oxygen atoms in total. The molecule has 2 aromatic heterocycles. The topological polar surface area (TPSA) is 64.7 Å². The first-order chi connectivity index (χ1) is 6.31. The number of hydrogen-bond acceptors (Lipinski definition) is 6.